The lowest BCUT2D eigenvalue weighted by Crippen LogP contribution is -2.10. The van der Waals surface area contributed by atoms with E-state index in [2.05, 4.69) is 14.7 Å². The highest BCUT2D eigenvalue weighted by Gasteiger charge is 2.14. The van der Waals surface area contributed by atoms with Gasteiger partial charge in [-0.25, -0.2) is 8.42 Å². The average molecular weight is 349 g/mol. The number of pyridine rings is 1. The summed E-state index contributed by atoms with van der Waals surface area (Å²) in [7, 11) is -3.43. The molecule has 0 amide bonds. The van der Waals surface area contributed by atoms with E-state index >= 15 is 0 Å². The van der Waals surface area contributed by atoms with E-state index in [0.29, 0.717) is 33.1 Å². The first kappa shape index (κ1) is 16.1. The summed E-state index contributed by atoms with van der Waals surface area (Å²) in [5, 5.41) is 10.1. The zero-order chi connectivity index (χ0) is 17.5. The fourth-order valence-electron chi connectivity index (χ4n) is 2.71. The molecule has 0 spiro atoms. The zero-order valence-corrected chi connectivity index (χ0v) is 13.5. The third kappa shape index (κ3) is 3.11. The van der Waals surface area contributed by atoms with Crippen LogP contribution in [0.3, 0.4) is 0 Å². The fraction of sp³-hybridized carbons (Fsp3) is 0.200. The number of benzene rings is 1. The van der Waals surface area contributed by atoms with E-state index in [4.69, 9.17) is 5.11 Å². The van der Waals surface area contributed by atoms with Gasteiger partial charge in [-0.1, -0.05) is 0 Å². The molecule has 3 aromatic rings. The smallest absolute Gasteiger partial charge is 0.303 e. The summed E-state index contributed by atoms with van der Waals surface area (Å²) < 4.78 is 25.2. The number of rotatable bonds is 5. The molecule has 0 radical (unpaired) electrons. The molecule has 0 unspecified atom stereocenters. The maximum atomic E-state index is 12.1. The summed E-state index contributed by atoms with van der Waals surface area (Å²) in [6.45, 7) is 0. The Morgan fingerprint density at radius 2 is 2.08 bits per heavy atom. The summed E-state index contributed by atoms with van der Waals surface area (Å²) in [6, 6.07) is 4.78. The van der Waals surface area contributed by atoms with Crippen molar-refractivity contribution in [3.63, 3.8) is 0 Å². The number of hydrogen-bond acceptors (Lipinski definition) is 4. The Hall–Kier alpha value is -2.81. The number of sulfonamides is 1. The zero-order valence-electron chi connectivity index (χ0n) is 12.7. The van der Waals surface area contributed by atoms with Crippen LogP contribution in [0.15, 0.2) is 29.2 Å². The quantitative estimate of drug-likeness (QED) is 0.553. The van der Waals surface area contributed by atoms with E-state index in [1.807, 2.05) is 0 Å². The first-order chi connectivity index (χ1) is 11.2. The van der Waals surface area contributed by atoms with Crippen LogP contribution in [-0.4, -0.2) is 35.7 Å². The maximum absolute atomic E-state index is 12.1. The summed E-state index contributed by atoms with van der Waals surface area (Å²) in [4.78, 5) is 28.5. The highest BCUT2D eigenvalue weighted by Crippen LogP contribution is 2.28. The Morgan fingerprint density at radius 1 is 1.33 bits per heavy atom. The first-order valence-corrected chi connectivity index (χ1v) is 8.99. The molecule has 0 atom stereocenters. The number of aromatic nitrogens is 2. The first-order valence-electron chi connectivity index (χ1n) is 7.10. The van der Waals surface area contributed by atoms with Crippen LogP contribution in [0.2, 0.25) is 0 Å². The summed E-state index contributed by atoms with van der Waals surface area (Å²) in [5.74, 6) is -0.932. The monoisotopic (exact) mass is 349 g/mol. The topological polar surface area (TPSA) is 132 Å². The lowest BCUT2D eigenvalue weighted by Gasteiger charge is -2.07. The minimum atomic E-state index is -3.43. The molecule has 1 aromatic carbocycles. The number of anilines is 1. The number of nitrogens with one attached hydrogen (secondary N) is 3. The van der Waals surface area contributed by atoms with E-state index in [-0.39, 0.29) is 18.4 Å². The predicted octanol–water partition coefficient (Wildman–Crippen LogP) is 1.40. The molecule has 2 aromatic heterocycles. The second-order valence-electron chi connectivity index (χ2n) is 5.55. The van der Waals surface area contributed by atoms with Crippen molar-refractivity contribution >= 4 is 43.5 Å². The molecular weight excluding hydrogens is 334 g/mol. The second kappa shape index (κ2) is 5.68. The van der Waals surface area contributed by atoms with Crippen LogP contribution in [0.4, 0.5) is 5.69 Å². The number of carbonyl (C=O) groups is 1. The number of aromatic amines is 2. The number of carboxylic acids is 1. The van der Waals surface area contributed by atoms with Crippen LogP contribution in [0.1, 0.15) is 12.0 Å². The van der Waals surface area contributed by atoms with Gasteiger partial charge in [0.1, 0.15) is 5.52 Å². The molecule has 0 saturated carbocycles. The molecule has 0 bridgehead atoms. The second-order valence-corrected chi connectivity index (χ2v) is 7.29. The van der Waals surface area contributed by atoms with Crippen molar-refractivity contribution in [1.82, 2.24) is 9.97 Å². The molecule has 0 aliphatic carbocycles. The van der Waals surface area contributed by atoms with Gasteiger partial charge in [0.2, 0.25) is 10.0 Å². The molecule has 0 aliphatic heterocycles. The van der Waals surface area contributed by atoms with Crippen molar-refractivity contribution in [2.75, 3.05) is 11.0 Å². The Morgan fingerprint density at radius 3 is 2.75 bits per heavy atom. The van der Waals surface area contributed by atoms with Crippen molar-refractivity contribution in [1.29, 1.82) is 0 Å². The lowest BCUT2D eigenvalue weighted by molar-refractivity contribution is -0.136. The Labute approximate surface area is 136 Å². The number of aliphatic carboxylic acids is 1. The minimum Gasteiger partial charge on any atom is -0.481 e. The largest absolute Gasteiger partial charge is 0.481 e. The van der Waals surface area contributed by atoms with Gasteiger partial charge in [0, 0.05) is 34.6 Å². The summed E-state index contributed by atoms with van der Waals surface area (Å²) in [6.07, 6.45) is 2.85. The molecule has 8 nitrogen and oxygen atoms in total. The summed E-state index contributed by atoms with van der Waals surface area (Å²) >= 11 is 0. The normalized spacial score (nSPS) is 11.9. The average Bonchev–Trinajstić information content (AvgIpc) is 2.89. The SMILES string of the molecule is CS(=O)(=O)Nc1ccc2[nH]c(=O)c3[nH]cc(CCC(=O)O)c3c2c1. The number of carboxylic acid groups (broad SMARTS) is 1. The third-order valence-electron chi connectivity index (χ3n) is 3.64. The van der Waals surface area contributed by atoms with E-state index < -0.39 is 16.0 Å². The predicted molar refractivity (Wildman–Crippen MR) is 90.8 cm³/mol. The number of fused-ring (bicyclic) bond motifs is 3. The van der Waals surface area contributed by atoms with Gasteiger partial charge in [-0.2, -0.15) is 0 Å². The van der Waals surface area contributed by atoms with Crippen molar-refractivity contribution in [3.8, 4) is 0 Å². The summed E-state index contributed by atoms with van der Waals surface area (Å²) in [5.41, 5.74) is 1.62. The number of H-pyrrole nitrogens is 2. The van der Waals surface area contributed by atoms with Crippen LogP contribution in [0.5, 0.6) is 0 Å². The standard InChI is InChI=1S/C15H15N3O5S/c1-24(22,23)18-9-3-4-11-10(6-9)13-8(2-5-12(19)20)7-16-14(13)15(21)17-11/h3-4,6-7,16,18H,2,5H2,1H3,(H,17,21)(H,19,20). The molecule has 3 rings (SSSR count). The molecule has 4 N–H and O–H groups in total. The maximum Gasteiger partial charge on any atom is 0.303 e. The van der Waals surface area contributed by atoms with Crippen molar-refractivity contribution < 1.29 is 18.3 Å². The molecule has 24 heavy (non-hydrogen) atoms. The molecule has 2 heterocycles. The third-order valence-corrected chi connectivity index (χ3v) is 4.24. The molecule has 0 saturated heterocycles. The van der Waals surface area contributed by atoms with Crippen molar-refractivity contribution in [2.24, 2.45) is 0 Å². The van der Waals surface area contributed by atoms with Crippen molar-refractivity contribution in [2.45, 2.75) is 12.8 Å². The molecular formula is C15H15N3O5S. The lowest BCUT2D eigenvalue weighted by atomic mass is 10.0. The van der Waals surface area contributed by atoms with Gasteiger partial charge in [-0.15, -0.1) is 0 Å². The van der Waals surface area contributed by atoms with E-state index in [0.717, 1.165) is 6.26 Å². The van der Waals surface area contributed by atoms with Crippen LogP contribution >= 0.6 is 0 Å². The van der Waals surface area contributed by atoms with Gasteiger partial charge in [0.25, 0.3) is 5.56 Å². The molecule has 126 valence electrons. The van der Waals surface area contributed by atoms with Crippen LogP contribution in [0.25, 0.3) is 21.8 Å². The van der Waals surface area contributed by atoms with Gasteiger partial charge in [0.15, 0.2) is 0 Å². The highest BCUT2D eigenvalue weighted by atomic mass is 32.2. The van der Waals surface area contributed by atoms with Gasteiger partial charge < -0.3 is 15.1 Å². The van der Waals surface area contributed by atoms with Gasteiger partial charge >= 0.3 is 5.97 Å². The van der Waals surface area contributed by atoms with Crippen LogP contribution < -0.4 is 10.3 Å². The number of hydrogen-bond donors (Lipinski definition) is 4. The highest BCUT2D eigenvalue weighted by molar-refractivity contribution is 7.92. The van der Waals surface area contributed by atoms with E-state index in [9.17, 15) is 18.0 Å². The van der Waals surface area contributed by atoms with Crippen LogP contribution in [0, 0.1) is 0 Å². The van der Waals surface area contributed by atoms with Gasteiger partial charge in [-0.3, -0.25) is 14.3 Å². The molecule has 0 fully saturated rings. The van der Waals surface area contributed by atoms with E-state index in [1.165, 1.54) is 0 Å². The molecule has 9 heteroatoms. The fourth-order valence-corrected chi connectivity index (χ4v) is 3.27. The number of aryl methyl sites for hydroxylation is 1. The Bertz CT molecular complexity index is 1110. The Kier molecular flexibility index (Phi) is 3.80. The minimum absolute atomic E-state index is 0.0669. The van der Waals surface area contributed by atoms with Crippen molar-refractivity contribution in [3.05, 3.63) is 40.3 Å². The van der Waals surface area contributed by atoms with Gasteiger partial charge in [0.05, 0.1) is 6.26 Å². The van der Waals surface area contributed by atoms with E-state index in [1.54, 1.807) is 24.4 Å². The Balaban J connectivity index is 2.24. The van der Waals surface area contributed by atoms with Gasteiger partial charge in [-0.05, 0) is 30.2 Å². The molecule has 0 aliphatic rings. The van der Waals surface area contributed by atoms with Crippen LogP contribution in [-0.2, 0) is 21.2 Å².